The van der Waals surface area contributed by atoms with E-state index in [-0.39, 0.29) is 30.0 Å². The lowest BCUT2D eigenvalue weighted by Gasteiger charge is -2.28. The lowest BCUT2D eigenvalue weighted by Crippen LogP contribution is -2.29. The minimum atomic E-state index is -0.348. The summed E-state index contributed by atoms with van der Waals surface area (Å²) in [7, 11) is 0. The third kappa shape index (κ3) is 6.14. The van der Waals surface area contributed by atoms with E-state index in [4.69, 9.17) is 9.47 Å². The summed E-state index contributed by atoms with van der Waals surface area (Å²) in [5.74, 6) is -0.757. The van der Waals surface area contributed by atoms with Crippen molar-refractivity contribution in [2.24, 2.45) is 0 Å². The van der Waals surface area contributed by atoms with Gasteiger partial charge in [-0.25, -0.2) is 9.18 Å². The fourth-order valence-electron chi connectivity index (χ4n) is 3.49. The quantitative estimate of drug-likeness (QED) is 0.562. The van der Waals surface area contributed by atoms with Crippen LogP contribution in [-0.2, 0) is 14.3 Å². The number of carbonyl (C=O) groups excluding carboxylic acids is 2. The van der Waals surface area contributed by atoms with Gasteiger partial charge in [0.25, 0.3) is 0 Å². The second kappa shape index (κ2) is 10.2. The molecular formula is C24H27FO4. The zero-order valence-electron chi connectivity index (χ0n) is 16.7. The van der Waals surface area contributed by atoms with Gasteiger partial charge in [-0.2, -0.15) is 0 Å². The SMILES string of the molecule is CCCCC(=O)OC1CCC(OC(=O)c2ccc(-c3ccc(F)cc3)cc2)CC1. The van der Waals surface area contributed by atoms with Crippen LogP contribution in [0.5, 0.6) is 0 Å². The van der Waals surface area contributed by atoms with Crippen LogP contribution < -0.4 is 0 Å². The van der Waals surface area contributed by atoms with Crippen LogP contribution in [0.15, 0.2) is 48.5 Å². The van der Waals surface area contributed by atoms with E-state index in [1.807, 2.05) is 19.1 Å². The molecule has 1 aliphatic rings. The fraction of sp³-hybridized carbons (Fsp3) is 0.417. The molecule has 0 unspecified atom stereocenters. The highest BCUT2D eigenvalue weighted by atomic mass is 19.1. The third-order valence-corrected chi connectivity index (χ3v) is 5.23. The smallest absolute Gasteiger partial charge is 0.338 e. The third-order valence-electron chi connectivity index (χ3n) is 5.23. The molecule has 0 atom stereocenters. The first kappa shape index (κ1) is 21.0. The standard InChI is InChI=1S/C24H27FO4/c1-2-3-4-23(26)28-21-13-15-22(16-14-21)29-24(27)19-7-5-17(6-8-19)18-9-11-20(25)12-10-18/h5-12,21-22H,2-4,13-16H2,1H3. The number of halogens is 1. The maximum atomic E-state index is 13.0. The minimum absolute atomic E-state index is 0.0655. The van der Waals surface area contributed by atoms with Gasteiger partial charge in [0.05, 0.1) is 5.56 Å². The Bertz CT molecular complexity index is 806. The molecule has 1 saturated carbocycles. The molecule has 0 aliphatic heterocycles. The molecule has 2 aromatic carbocycles. The molecule has 154 valence electrons. The average Bonchev–Trinajstić information content (AvgIpc) is 2.74. The summed E-state index contributed by atoms with van der Waals surface area (Å²) in [4.78, 5) is 24.2. The van der Waals surface area contributed by atoms with E-state index >= 15 is 0 Å². The van der Waals surface area contributed by atoms with Crippen molar-refractivity contribution < 1.29 is 23.5 Å². The van der Waals surface area contributed by atoms with Crippen LogP contribution >= 0.6 is 0 Å². The van der Waals surface area contributed by atoms with Crippen molar-refractivity contribution in [2.45, 2.75) is 64.1 Å². The van der Waals surface area contributed by atoms with E-state index in [0.29, 0.717) is 24.8 Å². The van der Waals surface area contributed by atoms with Crippen LogP contribution in [0.25, 0.3) is 11.1 Å². The molecule has 1 fully saturated rings. The minimum Gasteiger partial charge on any atom is -0.462 e. The van der Waals surface area contributed by atoms with Crippen LogP contribution in [0.3, 0.4) is 0 Å². The molecule has 0 radical (unpaired) electrons. The van der Waals surface area contributed by atoms with Gasteiger partial charge < -0.3 is 9.47 Å². The number of unbranched alkanes of at least 4 members (excludes halogenated alkanes) is 1. The van der Waals surface area contributed by atoms with Crippen LogP contribution in [-0.4, -0.2) is 24.1 Å². The highest BCUT2D eigenvalue weighted by molar-refractivity contribution is 5.90. The molecule has 0 N–H and O–H groups in total. The van der Waals surface area contributed by atoms with E-state index in [9.17, 15) is 14.0 Å². The number of ether oxygens (including phenoxy) is 2. The van der Waals surface area contributed by atoms with Crippen molar-refractivity contribution in [3.8, 4) is 11.1 Å². The average molecular weight is 398 g/mol. The molecule has 4 nitrogen and oxygen atoms in total. The Balaban J connectivity index is 1.47. The monoisotopic (exact) mass is 398 g/mol. The molecule has 5 heteroatoms. The highest BCUT2D eigenvalue weighted by Gasteiger charge is 2.26. The predicted molar refractivity (Wildman–Crippen MR) is 109 cm³/mol. The van der Waals surface area contributed by atoms with Gasteiger partial charge in [0.15, 0.2) is 0 Å². The first-order chi connectivity index (χ1) is 14.0. The summed E-state index contributed by atoms with van der Waals surface area (Å²) in [5.41, 5.74) is 2.29. The maximum absolute atomic E-state index is 13.0. The Kier molecular flexibility index (Phi) is 7.39. The summed E-state index contributed by atoms with van der Waals surface area (Å²) in [6.45, 7) is 2.04. The zero-order valence-corrected chi connectivity index (χ0v) is 16.7. The summed E-state index contributed by atoms with van der Waals surface area (Å²) in [5, 5.41) is 0. The van der Waals surface area contributed by atoms with Gasteiger partial charge in [-0.05, 0) is 67.5 Å². The summed E-state index contributed by atoms with van der Waals surface area (Å²) >= 11 is 0. The second-order valence-electron chi connectivity index (χ2n) is 7.48. The number of rotatable bonds is 7. The van der Waals surface area contributed by atoms with E-state index in [1.165, 1.54) is 12.1 Å². The lowest BCUT2D eigenvalue weighted by atomic mass is 9.95. The van der Waals surface area contributed by atoms with Gasteiger partial charge in [-0.15, -0.1) is 0 Å². The maximum Gasteiger partial charge on any atom is 0.338 e. The number of hydrogen-bond donors (Lipinski definition) is 0. The largest absolute Gasteiger partial charge is 0.462 e. The Hall–Kier alpha value is -2.69. The van der Waals surface area contributed by atoms with Gasteiger partial charge >= 0.3 is 11.9 Å². The van der Waals surface area contributed by atoms with E-state index in [2.05, 4.69) is 0 Å². The molecular weight excluding hydrogens is 371 g/mol. The summed E-state index contributed by atoms with van der Waals surface area (Å²) in [6, 6.07) is 13.3. The molecule has 0 heterocycles. The second-order valence-corrected chi connectivity index (χ2v) is 7.48. The van der Waals surface area contributed by atoms with Gasteiger partial charge in [0, 0.05) is 6.42 Å². The molecule has 0 aromatic heterocycles. The number of hydrogen-bond acceptors (Lipinski definition) is 4. The molecule has 0 amide bonds. The van der Waals surface area contributed by atoms with Crippen LogP contribution in [0.2, 0.25) is 0 Å². The van der Waals surface area contributed by atoms with E-state index in [0.717, 1.165) is 36.8 Å². The summed E-state index contributed by atoms with van der Waals surface area (Å²) < 4.78 is 24.2. The molecule has 2 aromatic rings. The first-order valence-electron chi connectivity index (χ1n) is 10.3. The molecule has 1 aliphatic carbocycles. The molecule has 0 bridgehead atoms. The van der Waals surface area contributed by atoms with Gasteiger partial charge in [-0.1, -0.05) is 37.6 Å². The predicted octanol–water partition coefficient (Wildman–Crippen LogP) is 5.69. The van der Waals surface area contributed by atoms with Gasteiger partial charge in [0.2, 0.25) is 0 Å². The van der Waals surface area contributed by atoms with Crippen LogP contribution in [0.1, 0.15) is 62.2 Å². The first-order valence-corrected chi connectivity index (χ1v) is 10.3. The lowest BCUT2D eigenvalue weighted by molar-refractivity contribution is -0.151. The number of esters is 2. The molecule has 29 heavy (non-hydrogen) atoms. The van der Waals surface area contributed by atoms with Crippen LogP contribution in [0, 0.1) is 5.82 Å². The Morgan fingerprint density at radius 2 is 1.38 bits per heavy atom. The Labute approximate surface area is 171 Å². The normalized spacial score (nSPS) is 18.8. The van der Waals surface area contributed by atoms with Gasteiger partial charge in [-0.3, -0.25) is 4.79 Å². The Morgan fingerprint density at radius 1 is 0.862 bits per heavy atom. The highest BCUT2D eigenvalue weighted by Crippen LogP contribution is 2.26. The topological polar surface area (TPSA) is 52.6 Å². The Morgan fingerprint density at radius 3 is 1.93 bits per heavy atom. The van der Waals surface area contributed by atoms with Crippen LogP contribution in [0.4, 0.5) is 4.39 Å². The fourth-order valence-corrected chi connectivity index (χ4v) is 3.49. The van der Waals surface area contributed by atoms with E-state index < -0.39 is 0 Å². The summed E-state index contributed by atoms with van der Waals surface area (Å²) in [6.07, 6.45) is 4.93. The van der Waals surface area contributed by atoms with Crippen molar-refractivity contribution in [3.05, 3.63) is 59.9 Å². The van der Waals surface area contributed by atoms with E-state index in [1.54, 1.807) is 24.3 Å². The number of carbonyl (C=O) groups is 2. The molecule has 3 rings (SSSR count). The van der Waals surface area contributed by atoms with Crippen molar-refractivity contribution in [1.29, 1.82) is 0 Å². The van der Waals surface area contributed by atoms with Crippen molar-refractivity contribution >= 4 is 11.9 Å². The van der Waals surface area contributed by atoms with Crippen molar-refractivity contribution in [1.82, 2.24) is 0 Å². The molecule has 0 spiro atoms. The molecule has 0 saturated heterocycles. The number of benzene rings is 2. The van der Waals surface area contributed by atoms with Gasteiger partial charge in [0.1, 0.15) is 18.0 Å². The van der Waals surface area contributed by atoms with Crippen molar-refractivity contribution in [2.75, 3.05) is 0 Å². The van der Waals surface area contributed by atoms with Crippen molar-refractivity contribution in [3.63, 3.8) is 0 Å². The zero-order chi connectivity index (χ0) is 20.6.